The number of rotatable bonds is 7. The van der Waals surface area contributed by atoms with Crippen molar-refractivity contribution >= 4 is 29.0 Å². The van der Waals surface area contributed by atoms with Gasteiger partial charge in [0.15, 0.2) is 0 Å². The standard InChI is InChI=1S/C30H29F3N6O6/c1-2-45-18-11-15(25(42)37-21-12-16(5-8-35-21)30(31,32)33)3-4-17(18)22-23-24(34)36-9-10-39(23)26(38-22)28-6-7-29(27(43)44,14-19(28)40)20(41)13-28/h3-5,8-12,19-20,40-41H,2,6-7,13-14H2,1H3,(H2,34,36)(H,43,44)(H,35,37,42)/t19?,20?,28-,29-/m1/s1. The molecule has 1 amide bonds. The molecule has 3 heterocycles. The zero-order chi connectivity index (χ0) is 32.3. The average Bonchev–Trinajstić information content (AvgIpc) is 3.39. The Morgan fingerprint density at radius 2 is 1.89 bits per heavy atom. The van der Waals surface area contributed by atoms with E-state index in [2.05, 4.69) is 15.3 Å². The van der Waals surface area contributed by atoms with Gasteiger partial charge < -0.3 is 31.1 Å². The van der Waals surface area contributed by atoms with Gasteiger partial charge in [-0.05, 0) is 62.9 Å². The second-order valence-corrected chi connectivity index (χ2v) is 11.4. The second kappa shape index (κ2) is 10.7. The van der Waals surface area contributed by atoms with Crippen LogP contribution in [0.25, 0.3) is 16.8 Å². The number of carboxylic acid groups (broad SMARTS) is 1. The minimum atomic E-state index is -4.61. The Hall–Kier alpha value is -4.76. The van der Waals surface area contributed by atoms with E-state index >= 15 is 0 Å². The highest BCUT2D eigenvalue weighted by Gasteiger charge is 2.64. The SMILES string of the molecule is CCOc1cc(C(=O)Nc2cc(C(F)(F)F)ccn2)ccc1-c1nc([C@@]23CC[C@@](C(=O)O)(CC2O)C(O)C3)n2ccnc(N)c12. The second-order valence-electron chi connectivity index (χ2n) is 11.4. The number of carbonyl (C=O) groups is 2. The number of fused-ring (bicyclic) bond motifs is 4. The van der Waals surface area contributed by atoms with E-state index in [1.54, 1.807) is 23.6 Å². The number of nitrogens with one attached hydrogen (secondary N) is 1. The van der Waals surface area contributed by atoms with Crippen molar-refractivity contribution in [2.24, 2.45) is 5.41 Å². The van der Waals surface area contributed by atoms with E-state index in [0.717, 1.165) is 18.3 Å². The van der Waals surface area contributed by atoms with Crippen LogP contribution in [0, 0.1) is 5.41 Å². The number of hydrogen-bond donors (Lipinski definition) is 5. The molecule has 2 bridgehead atoms. The molecule has 2 unspecified atom stereocenters. The molecule has 12 nitrogen and oxygen atoms in total. The Bertz CT molecular complexity index is 1830. The summed E-state index contributed by atoms with van der Waals surface area (Å²) in [5.74, 6) is -1.48. The summed E-state index contributed by atoms with van der Waals surface area (Å²) in [7, 11) is 0. The third-order valence-electron chi connectivity index (χ3n) is 8.99. The molecule has 3 saturated carbocycles. The molecule has 4 atom stereocenters. The number of nitrogens with two attached hydrogens (primary N) is 1. The van der Waals surface area contributed by atoms with Gasteiger partial charge in [0, 0.05) is 29.7 Å². The summed E-state index contributed by atoms with van der Waals surface area (Å²) in [6.07, 6.45) is -2.73. The van der Waals surface area contributed by atoms with Gasteiger partial charge in [-0.3, -0.25) is 14.0 Å². The highest BCUT2D eigenvalue weighted by atomic mass is 19.4. The quantitative estimate of drug-likeness (QED) is 0.203. The predicted molar refractivity (Wildman–Crippen MR) is 153 cm³/mol. The van der Waals surface area contributed by atoms with Gasteiger partial charge in [-0.15, -0.1) is 0 Å². The Kier molecular flexibility index (Phi) is 7.20. The van der Waals surface area contributed by atoms with Gasteiger partial charge in [-0.2, -0.15) is 13.2 Å². The van der Waals surface area contributed by atoms with Gasteiger partial charge in [-0.25, -0.2) is 15.0 Å². The van der Waals surface area contributed by atoms with Crippen LogP contribution in [-0.2, 0) is 16.4 Å². The number of aliphatic hydroxyl groups excluding tert-OH is 2. The molecule has 3 aliphatic rings. The number of carboxylic acids is 1. The van der Waals surface area contributed by atoms with Crippen LogP contribution in [0.15, 0.2) is 48.9 Å². The number of pyridine rings is 1. The summed E-state index contributed by atoms with van der Waals surface area (Å²) in [6, 6.07) is 5.93. The number of hydrogen-bond acceptors (Lipinski definition) is 9. The largest absolute Gasteiger partial charge is 0.493 e. The Morgan fingerprint density at radius 1 is 1.11 bits per heavy atom. The fourth-order valence-electron chi connectivity index (χ4n) is 6.63. The monoisotopic (exact) mass is 626 g/mol. The number of ether oxygens (including phenoxy) is 1. The van der Waals surface area contributed by atoms with Crippen LogP contribution in [0.4, 0.5) is 24.8 Å². The van der Waals surface area contributed by atoms with Crippen LogP contribution in [0.2, 0.25) is 0 Å². The maximum absolute atomic E-state index is 13.1. The van der Waals surface area contributed by atoms with Crippen molar-refractivity contribution < 1.29 is 42.8 Å². The number of imidazole rings is 1. The van der Waals surface area contributed by atoms with Gasteiger partial charge >= 0.3 is 12.1 Å². The van der Waals surface area contributed by atoms with E-state index in [1.807, 2.05) is 0 Å². The lowest BCUT2D eigenvalue weighted by atomic mass is 9.50. The fourth-order valence-corrected chi connectivity index (χ4v) is 6.63. The van der Waals surface area contributed by atoms with Crippen molar-refractivity contribution in [1.82, 2.24) is 19.4 Å². The van der Waals surface area contributed by atoms with Gasteiger partial charge in [0.2, 0.25) is 0 Å². The molecule has 3 aromatic heterocycles. The molecule has 3 aliphatic carbocycles. The summed E-state index contributed by atoms with van der Waals surface area (Å²) in [5, 5.41) is 34.6. The molecular formula is C30H29F3N6O6. The molecule has 1 aromatic carbocycles. The van der Waals surface area contributed by atoms with E-state index in [1.165, 1.54) is 18.3 Å². The van der Waals surface area contributed by atoms with Gasteiger partial charge in [0.25, 0.3) is 5.91 Å². The minimum Gasteiger partial charge on any atom is -0.493 e. The summed E-state index contributed by atoms with van der Waals surface area (Å²) < 4.78 is 47.0. The molecule has 4 aromatic rings. The first-order valence-corrected chi connectivity index (χ1v) is 14.1. The first kappa shape index (κ1) is 30.3. The normalized spacial score (nSPS) is 24.5. The molecule has 7 rings (SSSR count). The smallest absolute Gasteiger partial charge is 0.416 e. The van der Waals surface area contributed by atoms with E-state index < -0.39 is 46.7 Å². The molecule has 3 fully saturated rings. The number of nitrogen functional groups attached to an aromatic ring is 1. The topological polar surface area (TPSA) is 185 Å². The first-order valence-electron chi connectivity index (χ1n) is 14.1. The zero-order valence-corrected chi connectivity index (χ0v) is 23.9. The number of anilines is 2. The Balaban J connectivity index is 1.42. The van der Waals surface area contributed by atoms with Gasteiger partial charge in [0.05, 0.1) is 35.2 Å². The Morgan fingerprint density at radius 3 is 2.56 bits per heavy atom. The number of aliphatic hydroxyl groups is 2. The first-order chi connectivity index (χ1) is 21.3. The van der Waals surface area contributed by atoms with E-state index in [9.17, 15) is 38.1 Å². The number of aromatic nitrogens is 4. The maximum Gasteiger partial charge on any atom is 0.416 e. The summed E-state index contributed by atoms with van der Waals surface area (Å²) in [6.45, 7) is 1.91. The highest BCUT2D eigenvalue weighted by molar-refractivity contribution is 6.04. The number of aliphatic carboxylic acids is 1. The summed E-state index contributed by atoms with van der Waals surface area (Å²) in [5.41, 5.74) is 3.99. The average molecular weight is 627 g/mol. The summed E-state index contributed by atoms with van der Waals surface area (Å²) >= 11 is 0. The van der Waals surface area contributed by atoms with Crippen LogP contribution in [0.1, 0.15) is 54.4 Å². The van der Waals surface area contributed by atoms with E-state index in [-0.39, 0.29) is 55.2 Å². The van der Waals surface area contributed by atoms with Crippen LogP contribution in [0.3, 0.4) is 0 Å². The fraction of sp³-hybridized carbons (Fsp3) is 0.367. The number of alkyl halides is 3. The lowest BCUT2D eigenvalue weighted by molar-refractivity contribution is -0.187. The molecule has 15 heteroatoms. The Labute approximate surface area is 253 Å². The number of nitrogens with zero attached hydrogens (tertiary/aromatic N) is 4. The van der Waals surface area contributed by atoms with Crippen molar-refractivity contribution in [3.8, 4) is 17.0 Å². The lowest BCUT2D eigenvalue weighted by Crippen LogP contribution is -2.63. The van der Waals surface area contributed by atoms with Crippen molar-refractivity contribution in [2.45, 2.75) is 56.4 Å². The maximum atomic E-state index is 13.1. The zero-order valence-electron chi connectivity index (χ0n) is 23.9. The number of halogens is 3. The van der Waals surface area contributed by atoms with E-state index in [4.69, 9.17) is 15.5 Å². The van der Waals surface area contributed by atoms with Crippen LogP contribution >= 0.6 is 0 Å². The molecule has 0 spiro atoms. The molecule has 0 aliphatic heterocycles. The number of benzene rings is 1. The summed E-state index contributed by atoms with van der Waals surface area (Å²) in [4.78, 5) is 38.1. The van der Waals surface area contributed by atoms with Crippen molar-refractivity contribution in [1.29, 1.82) is 0 Å². The minimum absolute atomic E-state index is 0.0394. The highest BCUT2D eigenvalue weighted by Crippen LogP contribution is 2.58. The molecular weight excluding hydrogens is 597 g/mol. The third kappa shape index (κ3) is 4.82. The number of amides is 1. The van der Waals surface area contributed by atoms with Gasteiger partial charge in [0.1, 0.15) is 34.4 Å². The van der Waals surface area contributed by atoms with Crippen LogP contribution in [0.5, 0.6) is 5.75 Å². The van der Waals surface area contributed by atoms with Crippen molar-refractivity contribution in [3.63, 3.8) is 0 Å². The molecule has 0 saturated heterocycles. The van der Waals surface area contributed by atoms with Gasteiger partial charge in [-0.1, -0.05) is 0 Å². The molecule has 236 valence electrons. The van der Waals surface area contributed by atoms with Crippen molar-refractivity contribution in [3.05, 3.63) is 65.9 Å². The molecule has 45 heavy (non-hydrogen) atoms. The van der Waals surface area contributed by atoms with Crippen LogP contribution < -0.4 is 15.8 Å². The predicted octanol–water partition coefficient (Wildman–Crippen LogP) is 3.66. The molecule has 0 radical (unpaired) electrons. The van der Waals surface area contributed by atoms with E-state index in [0.29, 0.717) is 22.6 Å². The third-order valence-corrected chi connectivity index (χ3v) is 8.99. The lowest BCUT2D eigenvalue weighted by Gasteiger charge is -2.55. The van der Waals surface area contributed by atoms with Crippen LogP contribution in [-0.4, -0.2) is 65.4 Å². The van der Waals surface area contributed by atoms with Crippen molar-refractivity contribution in [2.75, 3.05) is 17.7 Å². The number of carbonyl (C=O) groups excluding carboxylic acids is 1. The molecule has 6 N–H and O–H groups in total.